The summed E-state index contributed by atoms with van der Waals surface area (Å²) >= 11 is 0. The zero-order valence-electron chi connectivity index (χ0n) is 5.89. The van der Waals surface area contributed by atoms with Crippen LogP contribution in [0.25, 0.3) is 0 Å². The summed E-state index contributed by atoms with van der Waals surface area (Å²) < 4.78 is 0. The van der Waals surface area contributed by atoms with Crippen molar-refractivity contribution in [1.29, 1.82) is 0 Å². The van der Waals surface area contributed by atoms with Crippen molar-refractivity contribution in [3.8, 4) is 0 Å². The van der Waals surface area contributed by atoms with Gasteiger partial charge in [-0.1, -0.05) is 13.8 Å². The summed E-state index contributed by atoms with van der Waals surface area (Å²) in [6.07, 6.45) is 4.78. The third kappa shape index (κ3) is 1.31. The molecule has 0 aliphatic heterocycles. The quantitative estimate of drug-likeness (QED) is 0.641. The zero-order valence-corrected chi connectivity index (χ0v) is 5.89. The third-order valence-electron chi connectivity index (χ3n) is 1.66. The topological polar surface area (TPSA) is 28.7 Å². The lowest BCUT2D eigenvalue weighted by atomic mass is 10.1. The van der Waals surface area contributed by atoms with Gasteiger partial charge in [0.15, 0.2) is 0 Å². The molecule has 2 nitrogen and oxygen atoms in total. The van der Waals surface area contributed by atoms with Crippen LogP contribution in [0.15, 0.2) is 12.5 Å². The Bertz CT molecular complexity index is 155. The molecular weight excluding hydrogens is 112 g/mol. The van der Waals surface area contributed by atoms with Gasteiger partial charge in [0, 0.05) is 11.9 Å². The van der Waals surface area contributed by atoms with Crippen molar-refractivity contribution >= 4 is 0 Å². The Morgan fingerprint density at radius 1 is 1.78 bits per heavy atom. The summed E-state index contributed by atoms with van der Waals surface area (Å²) in [6.45, 7) is 4.36. The number of nitrogens with zero attached hydrogens (tertiary/aromatic N) is 1. The fourth-order valence-corrected chi connectivity index (χ4v) is 0.756. The predicted molar refractivity (Wildman–Crippen MR) is 37.3 cm³/mol. The fraction of sp³-hybridized carbons (Fsp3) is 0.571. The number of aromatic nitrogens is 2. The monoisotopic (exact) mass is 124 g/mol. The molecule has 0 aliphatic carbocycles. The average molecular weight is 124 g/mol. The number of rotatable bonds is 2. The first-order chi connectivity index (χ1) is 4.34. The minimum atomic E-state index is 0.618. The van der Waals surface area contributed by atoms with Crippen molar-refractivity contribution in [3.05, 3.63) is 18.2 Å². The molecule has 0 aromatic carbocycles. The van der Waals surface area contributed by atoms with Crippen LogP contribution < -0.4 is 0 Å². The normalized spacial score (nSPS) is 13.6. The van der Waals surface area contributed by atoms with Crippen molar-refractivity contribution in [1.82, 2.24) is 9.97 Å². The Kier molecular flexibility index (Phi) is 1.88. The molecule has 0 saturated heterocycles. The van der Waals surface area contributed by atoms with Gasteiger partial charge >= 0.3 is 0 Å². The van der Waals surface area contributed by atoms with Gasteiger partial charge in [0.2, 0.25) is 0 Å². The first-order valence-electron chi connectivity index (χ1n) is 3.33. The molecule has 50 valence electrons. The summed E-state index contributed by atoms with van der Waals surface area (Å²) in [6, 6.07) is 0. The highest BCUT2D eigenvalue weighted by molar-refractivity contribution is 5.00. The first-order valence-corrected chi connectivity index (χ1v) is 3.33. The van der Waals surface area contributed by atoms with Gasteiger partial charge in [0.25, 0.3) is 0 Å². The van der Waals surface area contributed by atoms with E-state index < -0.39 is 0 Å². The molecule has 0 radical (unpaired) electrons. The Hall–Kier alpha value is -0.790. The van der Waals surface area contributed by atoms with Crippen LogP contribution in [0.4, 0.5) is 0 Å². The molecule has 0 amide bonds. The standard InChI is InChI=1S/C7H12N2/c1-3-6(2)7-4-8-5-9-7/h4-6H,3H2,1-2H3,(H,8,9)/t6-/m1/s1. The molecule has 2 heteroatoms. The molecule has 1 N–H and O–H groups in total. The van der Waals surface area contributed by atoms with Crippen LogP contribution in [-0.2, 0) is 0 Å². The van der Waals surface area contributed by atoms with Gasteiger partial charge in [0.05, 0.1) is 6.33 Å². The molecule has 0 saturated carbocycles. The van der Waals surface area contributed by atoms with E-state index in [-0.39, 0.29) is 0 Å². The second-order valence-electron chi connectivity index (χ2n) is 2.32. The first kappa shape index (κ1) is 6.33. The molecule has 0 aliphatic rings. The maximum Gasteiger partial charge on any atom is 0.0921 e. The SMILES string of the molecule is CC[C@@H](C)c1cnc[nH]1. The molecule has 0 unspecified atom stereocenters. The van der Waals surface area contributed by atoms with Gasteiger partial charge in [-0.15, -0.1) is 0 Å². The van der Waals surface area contributed by atoms with E-state index in [4.69, 9.17) is 0 Å². The second kappa shape index (κ2) is 2.67. The summed E-state index contributed by atoms with van der Waals surface area (Å²) in [5.41, 5.74) is 1.23. The van der Waals surface area contributed by atoms with Gasteiger partial charge in [-0.25, -0.2) is 4.98 Å². The van der Waals surface area contributed by atoms with Crippen LogP contribution >= 0.6 is 0 Å². The predicted octanol–water partition coefficient (Wildman–Crippen LogP) is 1.92. The number of H-pyrrole nitrogens is 1. The highest BCUT2D eigenvalue weighted by Gasteiger charge is 2.01. The van der Waals surface area contributed by atoms with Gasteiger partial charge in [-0.2, -0.15) is 0 Å². The van der Waals surface area contributed by atoms with E-state index in [9.17, 15) is 0 Å². The summed E-state index contributed by atoms with van der Waals surface area (Å²) in [7, 11) is 0. The number of hydrogen-bond acceptors (Lipinski definition) is 1. The zero-order chi connectivity index (χ0) is 6.69. The Labute approximate surface area is 55.3 Å². The lowest BCUT2D eigenvalue weighted by Crippen LogP contribution is -1.89. The van der Waals surface area contributed by atoms with E-state index in [0.29, 0.717) is 5.92 Å². The minimum absolute atomic E-state index is 0.618. The van der Waals surface area contributed by atoms with Crippen molar-refractivity contribution in [2.75, 3.05) is 0 Å². The molecular formula is C7H12N2. The number of hydrogen-bond donors (Lipinski definition) is 1. The molecule has 0 bridgehead atoms. The number of imidazole rings is 1. The molecule has 1 aromatic rings. The Balaban J connectivity index is 2.65. The molecule has 1 atom stereocenters. The number of nitrogens with one attached hydrogen (secondary N) is 1. The molecule has 1 rings (SSSR count). The van der Waals surface area contributed by atoms with Crippen LogP contribution in [0.3, 0.4) is 0 Å². The Morgan fingerprint density at radius 2 is 2.56 bits per heavy atom. The number of aromatic amines is 1. The van der Waals surface area contributed by atoms with Crippen molar-refractivity contribution < 1.29 is 0 Å². The molecule has 0 spiro atoms. The molecule has 0 fully saturated rings. The molecule has 1 aromatic heterocycles. The summed E-state index contributed by atoms with van der Waals surface area (Å²) in [5, 5.41) is 0. The van der Waals surface area contributed by atoms with Crippen molar-refractivity contribution in [2.45, 2.75) is 26.2 Å². The van der Waals surface area contributed by atoms with E-state index in [0.717, 1.165) is 0 Å². The van der Waals surface area contributed by atoms with Gasteiger partial charge < -0.3 is 4.98 Å². The Morgan fingerprint density at radius 3 is 3.00 bits per heavy atom. The minimum Gasteiger partial charge on any atom is -0.348 e. The van der Waals surface area contributed by atoms with E-state index in [1.165, 1.54) is 12.1 Å². The maximum absolute atomic E-state index is 3.94. The van der Waals surface area contributed by atoms with Crippen LogP contribution in [0.2, 0.25) is 0 Å². The molecule has 1 heterocycles. The van der Waals surface area contributed by atoms with Gasteiger partial charge in [-0.05, 0) is 12.3 Å². The van der Waals surface area contributed by atoms with Crippen LogP contribution in [-0.4, -0.2) is 9.97 Å². The summed E-state index contributed by atoms with van der Waals surface area (Å²) in [4.78, 5) is 7.01. The van der Waals surface area contributed by atoms with E-state index in [1.807, 2.05) is 6.20 Å². The van der Waals surface area contributed by atoms with E-state index in [2.05, 4.69) is 23.8 Å². The highest BCUT2D eigenvalue weighted by Crippen LogP contribution is 2.13. The third-order valence-corrected chi connectivity index (χ3v) is 1.66. The summed E-state index contributed by atoms with van der Waals surface area (Å²) in [5.74, 6) is 0.618. The average Bonchev–Trinajstić information content (AvgIpc) is 2.37. The second-order valence-corrected chi connectivity index (χ2v) is 2.32. The maximum atomic E-state index is 3.94. The van der Waals surface area contributed by atoms with Crippen LogP contribution in [0.1, 0.15) is 31.9 Å². The van der Waals surface area contributed by atoms with Crippen molar-refractivity contribution in [3.63, 3.8) is 0 Å². The largest absolute Gasteiger partial charge is 0.348 e. The van der Waals surface area contributed by atoms with Gasteiger partial charge in [-0.3, -0.25) is 0 Å². The van der Waals surface area contributed by atoms with E-state index >= 15 is 0 Å². The fourth-order valence-electron chi connectivity index (χ4n) is 0.756. The smallest absolute Gasteiger partial charge is 0.0921 e. The molecule has 9 heavy (non-hydrogen) atoms. The lowest BCUT2D eigenvalue weighted by Gasteiger charge is -2.02. The van der Waals surface area contributed by atoms with Crippen LogP contribution in [0, 0.1) is 0 Å². The van der Waals surface area contributed by atoms with Gasteiger partial charge in [0.1, 0.15) is 0 Å². The van der Waals surface area contributed by atoms with E-state index in [1.54, 1.807) is 6.33 Å². The highest BCUT2D eigenvalue weighted by atomic mass is 14.9. The lowest BCUT2D eigenvalue weighted by molar-refractivity contribution is 0.713. The van der Waals surface area contributed by atoms with Crippen molar-refractivity contribution in [2.24, 2.45) is 0 Å². The van der Waals surface area contributed by atoms with Crippen LogP contribution in [0.5, 0.6) is 0 Å².